The Balaban J connectivity index is 1.54. The zero-order chi connectivity index (χ0) is 35.8. The molecule has 2 aromatic carbocycles. The monoisotopic (exact) mass is 736 g/mol. The SMILES string of the molecule is C=CC(=O)Cc1cccc(-c2nc(Nc3ccc(OC(=O)CC(P(=O)(O)O)P(=O)(O)O)c(OCCCN4CCC(C)CC4)c3)ncc2Cl)c1. The number of likely N-dealkylation sites (tertiary alicyclic amines) is 1. The molecule has 1 aliphatic heterocycles. The van der Waals surface area contributed by atoms with Gasteiger partial charge in [-0.05, 0) is 68.1 Å². The molecule has 0 radical (unpaired) electrons. The van der Waals surface area contributed by atoms with Crippen LogP contribution in [0.3, 0.4) is 0 Å². The number of ketones is 1. The number of halogens is 1. The average molecular weight is 737 g/mol. The fraction of sp³-hybridized carbons (Fsp3) is 0.375. The Morgan fingerprint density at radius 2 is 1.82 bits per heavy atom. The summed E-state index contributed by atoms with van der Waals surface area (Å²) in [5, 5.41) is 0.776. The quantitative estimate of drug-likeness (QED) is 0.0415. The van der Waals surface area contributed by atoms with Gasteiger partial charge in [-0.25, -0.2) is 9.97 Å². The Kier molecular flexibility index (Phi) is 13.3. The maximum absolute atomic E-state index is 12.7. The third-order valence-electron chi connectivity index (χ3n) is 7.85. The van der Waals surface area contributed by atoms with Crippen molar-refractivity contribution >= 4 is 50.2 Å². The molecule has 3 aromatic rings. The summed E-state index contributed by atoms with van der Waals surface area (Å²) in [5.41, 5.74) is 2.23. The lowest BCUT2D eigenvalue weighted by Gasteiger charge is -2.30. The summed E-state index contributed by atoms with van der Waals surface area (Å²) < 4.78 is 34.7. The maximum atomic E-state index is 12.7. The number of hydrogen-bond donors (Lipinski definition) is 5. The number of ether oxygens (including phenoxy) is 2. The van der Waals surface area contributed by atoms with Crippen LogP contribution in [-0.2, 0) is 25.1 Å². The highest BCUT2D eigenvalue weighted by atomic mass is 35.5. The highest BCUT2D eigenvalue weighted by Crippen LogP contribution is 2.61. The van der Waals surface area contributed by atoms with E-state index in [2.05, 4.69) is 33.7 Å². The Hall–Kier alpha value is -3.45. The highest BCUT2D eigenvalue weighted by Gasteiger charge is 2.45. The number of carbonyl (C=O) groups excluding carboxylic acids is 2. The maximum Gasteiger partial charge on any atom is 0.341 e. The standard InChI is InChI=1S/C32H39ClN4O10P2/c1-3-25(38)17-22-6-4-7-23(16-22)31-26(33)20-34-32(36-31)35-24-8-9-27(47-29(39)19-30(48(40,41)42)49(43,44)45)28(18-24)46-15-5-12-37-13-10-21(2)11-14-37/h3-4,6-9,16,18,20-21,30H,1,5,10-15,17,19H2,2H3,(H,34,35,36)(H2,40,41,42)(H2,43,44,45). The van der Waals surface area contributed by atoms with Gasteiger partial charge in [-0.3, -0.25) is 18.7 Å². The largest absolute Gasteiger partial charge is 0.490 e. The first-order chi connectivity index (χ1) is 23.1. The molecule has 0 bridgehead atoms. The summed E-state index contributed by atoms with van der Waals surface area (Å²) in [6.45, 7) is 8.74. The normalized spacial score (nSPS) is 14.4. The van der Waals surface area contributed by atoms with Crippen molar-refractivity contribution in [2.75, 3.05) is 31.6 Å². The van der Waals surface area contributed by atoms with Crippen LogP contribution in [0.1, 0.15) is 38.2 Å². The van der Waals surface area contributed by atoms with E-state index in [9.17, 15) is 38.3 Å². The number of piperidine rings is 1. The van der Waals surface area contributed by atoms with Gasteiger partial charge in [0.2, 0.25) is 5.95 Å². The van der Waals surface area contributed by atoms with Gasteiger partial charge in [-0.15, -0.1) is 0 Å². The van der Waals surface area contributed by atoms with Gasteiger partial charge < -0.3 is 39.3 Å². The van der Waals surface area contributed by atoms with Crippen LogP contribution in [0.5, 0.6) is 11.5 Å². The number of benzene rings is 2. The summed E-state index contributed by atoms with van der Waals surface area (Å²) in [6.07, 6.45) is 4.50. The first-order valence-electron chi connectivity index (χ1n) is 15.5. The second-order valence-corrected chi connectivity index (χ2v) is 16.2. The molecular formula is C32H39ClN4O10P2. The number of hydrogen-bond acceptors (Lipinski definition) is 10. The Morgan fingerprint density at radius 1 is 1.10 bits per heavy atom. The van der Waals surface area contributed by atoms with E-state index in [4.69, 9.17) is 21.1 Å². The molecule has 4 rings (SSSR count). The van der Waals surface area contributed by atoms with Crippen LogP contribution >= 0.6 is 26.8 Å². The summed E-state index contributed by atoms with van der Waals surface area (Å²) in [6, 6.07) is 11.6. The molecule has 0 aliphatic carbocycles. The Bertz CT molecular complexity index is 1740. The van der Waals surface area contributed by atoms with Gasteiger partial charge >= 0.3 is 21.2 Å². The van der Waals surface area contributed by atoms with Crippen molar-refractivity contribution in [2.45, 2.75) is 44.4 Å². The summed E-state index contributed by atoms with van der Waals surface area (Å²) in [7, 11) is -10.7. The second kappa shape index (κ2) is 17.0. The number of carbonyl (C=O) groups is 2. The van der Waals surface area contributed by atoms with Gasteiger partial charge in [0.15, 0.2) is 22.7 Å². The minimum Gasteiger partial charge on any atom is -0.490 e. The van der Waals surface area contributed by atoms with E-state index in [1.165, 1.54) is 30.5 Å². The lowest BCUT2D eigenvalue weighted by Crippen LogP contribution is -2.34. The van der Waals surface area contributed by atoms with Crippen LogP contribution in [0, 0.1) is 5.92 Å². The summed E-state index contributed by atoms with van der Waals surface area (Å²) in [5.74, 6) is -0.593. The number of anilines is 2. The van der Waals surface area contributed by atoms with E-state index in [1.54, 1.807) is 24.3 Å². The van der Waals surface area contributed by atoms with Crippen LogP contribution in [0.25, 0.3) is 11.3 Å². The van der Waals surface area contributed by atoms with E-state index < -0.39 is 33.0 Å². The summed E-state index contributed by atoms with van der Waals surface area (Å²) in [4.78, 5) is 73.4. The van der Waals surface area contributed by atoms with Gasteiger partial charge in [0.25, 0.3) is 0 Å². The van der Waals surface area contributed by atoms with Crippen molar-refractivity contribution in [1.82, 2.24) is 14.9 Å². The average Bonchev–Trinajstić information content (AvgIpc) is 3.03. The molecule has 0 unspecified atom stereocenters. The minimum absolute atomic E-state index is 0.0864. The highest BCUT2D eigenvalue weighted by molar-refractivity contribution is 7.70. The topological polar surface area (TPSA) is 209 Å². The van der Waals surface area contributed by atoms with Crippen molar-refractivity contribution in [2.24, 2.45) is 5.92 Å². The van der Waals surface area contributed by atoms with Crippen molar-refractivity contribution < 1.29 is 47.8 Å². The van der Waals surface area contributed by atoms with E-state index in [-0.39, 0.29) is 41.3 Å². The first-order valence-corrected chi connectivity index (χ1v) is 19.2. The van der Waals surface area contributed by atoms with Gasteiger partial charge in [-0.2, -0.15) is 0 Å². The molecule has 0 amide bonds. The molecule has 14 nitrogen and oxygen atoms in total. The predicted molar refractivity (Wildman–Crippen MR) is 184 cm³/mol. The van der Waals surface area contributed by atoms with Crippen molar-refractivity contribution in [1.29, 1.82) is 0 Å². The van der Waals surface area contributed by atoms with Gasteiger partial charge in [-0.1, -0.05) is 43.3 Å². The molecule has 1 aliphatic rings. The van der Waals surface area contributed by atoms with E-state index in [1.807, 2.05) is 0 Å². The fourth-order valence-corrected chi connectivity index (χ4v) is 7.69. The molecule has 0 atom stereocenters. The third-order valence-corrected chi connectivity index (χ3v) is 11.9. The zero-order valence-corrected chi connectivity index (χ0v) is 29.3. The molecule has 1 aromatic heterocycles. The smallest absolute Gasteiger partial charge is 0.341 e. The van der Waals surface area contributed by atoms with Gasteiger partial charge in [0.1, 0.15) is 0 Å². The Labute approximate surface area is 288 Å². The van der Waals surface area contributed by atoms with Crippen LogP contribution in [0.2, 0.25) is 5.02 Å². The van der Waals surface area contributed by atoms with Crippen LogP contribution < -0.4 is 14.8 Å². The molecule has 0 saturated carbocycles. The molecule has 1 saturated heterocycles. The number of nitrogens with one attached hydrogen (secondary N) is 1. The van der Waals surface area contributed by atoms with Gasteiger partial charge in [0, 0.05) is 30.3 Å². The van der Waals surface area contributed by atoms with Crippen molar-refractivity contribution in [3.63, 3.8) is 0 Å². The zero-order valence-electron chi connectivity index (χ0n) is 26.8. The number of esters is 1. The summed E-state index contributed by atoms with van der Waals surface area (Å²) >= 11 is 6.43. The molecule has 0 spiro atoms. The van der Waals surface area contributed by atoms with Gasteiger partial charge in [0.05, 0.1) is 29.9 Å². The molecule has 5 N–H and O–H groups in total. The fourth-order valence-electron chi connectivity index (χ4n) is 5.15. The number of aromatic nitrogens is 2. The second-order valence-electron chi connectivity index (χ2n) is 11.8. The number of allylic oxidation sites excluding steroid dienone is 1. The third kappa shape index (κ3) is 11.6. The molecule has 1 fully saturated rings. The predicted octanol–water partition coefficient (Wildman–Crippen LogP) is 5.32. The lowest BCUT2D eigenvalue weighted by molar-refractivity contribution is -0.134. The van der Waals surface area contributed by atoms with E-state index >= 15 is 0 Å². The number of rotatable bonds is 16. The molecule has 17 heteroatoms. The number of nitrogens with zero attached hydrogens (tertiary/aromatic N) is 3. The first kappa shape index (κ1) is 38.4. The molecular weight excluding hydrogens is 698 g/mol. The van der Waals surface area contributed by atoms with E-state index in [0.717, 1.165) is 38.0 Å². The van der Waals surface area contributed by atoms with Crippen molar-refractivity contribution in [3.05, 3.63) is 71.9 Å². The molecule has 2 heterocycles. The molecule has 264 valence electrons. The van der Waals surface area contributed by atoms with Crippen LogP contribution in [-0.4, -0.2) is 77.8 Å². The van der Waals surface area contributed by atoms with Crippen LogP contribution in [0.4, 0.5) is 11.6 Å². The van der Waals surface area contributed by atoms with Crippen LogP contribution in [0.15, 0.2) is 61.3 Å². The lowest BCUT2D eigenvalue weighted by atomic mass is 9.99. The minimum atomic E-state index is -5.35. The Morgan fingerprint density at radius 3 is 2.49 bits per heavy atom. The van der Waals surface area contributed by atoms with E-state index in [0.29, 0.717) is 29.3 Å². The van der Waals surface area contributed by atoms with Crippen molar-refractivity contribution in [3.8, 4) is 22.8 Å². The molecule has 49 heavy (non-hydrogen) atoms.